The highest BCUT2D eigenvalue weighted by Gasteiger charge is 2.40. The fourth-order valence-corrected chi connectivity index (χ4v) is 5.37. The molecule has 10 nitrogen and oxygen atoms in total. The number of anilines is 1. The van der Waals surface area contributed by atoms with Gasteiger partial charge in [0.05, 0.1) is 12.8 Å². The lowest BCUT2D eigenvalue weighted by atomic mass is 9.99. The highest BCUT2D eigenvalue weighted by Crippen LogP contribution is 2.38. The third-order valence-electron chi connectivity index (χ3n) is 6.46. The molecule has 1 heterocycles. The van der Waals surface area contributed by atoms with E-state index in [-0.39, 0.29) is 40.3 Å². The third kappa shape index (κ3) is 5.51. The molecule has 0 radical (unpaired) electrons. The summed E-state index contributed by atoms with van der Waals surface area (Å²) in [5.74, 6) is -1.70. The van der Waals surface area contributed by atoms with Crippen LogP contribution in [0.5, 0.6) is 11.5 Å². The zero-order chi connectivity index (χ0) is 26.5. The van der Waals surface area contributed by atoms with E-state index in [2.05, 4.69) is 9.69 Å². The first-order valence-corrected chi connectivity index (χ1v) is 12.6. The Bertz CT molecular complexity index is 1290. The number of aromatic hydroxyl groups is 1. The van der Waals surface area contributed by atoms with Crippen molar-refractivity contribution >= 4 is 34.9 Å². The molecule has 0 bridgehead atoms. The summed E-state index contributed by atoms with van der Waals surface area (Å²) < 4.78 is 9.14. The number of hydrogen-bond acceptors (Lipinski definition) is 8. The van der Waals surface area contributed by atoms with Crippen LogP contribution < -0.4 is 21.5 Å². The van der Waals surface area contributed by atoms with Crippen molar-refractivity contribution in [3.8, 4) is 11.5 Å². The van der Waals surface area contributed by atoms with E-state index < -0.39 is 23.8 Å². The zero-order valence-corrected chi connectivity index (χ0v) is 21.2. The summed E-state index contributed by atoms with van der Waals surface area (Å²) in [5, 5.41) is 13.4. The fourth-order valence-electron chi connectivity index (χ4n) is 4.62. The summed E-state index contributed by atoms with van der Waals surface area (Å²) in [6, 6.07) is 12.7. The van der Waals surface area contributed by atoms with Crippen molar-refractivity contribution in [2.75, 3.05) is 12.8 Å². The van der Waals surface area contributed by atoms with Gasteiger partial charge in [-0.2, -0.15) is 4.37 Å². The molecule has 1 aliphatic rings. The van der Waals surface area contributed by atoms with Crippen LogP contribution in [0.3, 0.4) is 0 Å². The second kappa shape index (κ2) is 11.3. The molecule has 194 valence electrons. The summed E-state index contributed by atoms with van der Waals surface area (Å²) in [6.45, 7) is 0.250. The smallest absolute Gasteiger partial charge is 0.270 e. The standard InChI is InChI=1S/C26H29N5O5S/c1-36-19-12-11-16(13-18(19)32)22(25(34)29-14-15-7-3-2-4-8-15)31(17-9-5-6-10-17)26(35)23-20(27)21(24(28)33)30-37-23/h2-4,7-8,11-13,17,22,32H,5-6,9-10,14,27H2,1H3,(H2,28,33)(H,29,34)/t22-/m1/s1. The van der Waals surface area contributed by atoms with E-state index in [4.69, 9.17) is 16.2 Å². The average Bonchev–Trinajstić information content (AvgIpc) is 3.56. The Hall–Kier alpha value is -4.12. The SMILES string of the molecule is COc1ccc([C@H](C(=O)NCc2ccccc2)N(C(=O)c2snc(C(N)=O)c2N)C2CCCC2)cc1O. The molecule has 2 aromatic carbocycles. The molecule has 11 heteroatoms. The number of amides is 3. The van der Waals surface area contributed by atoms with Crippen LogP contribution in [0.15, 0.2) is 48.5 Å². The number of phenolic OH excluding ortho intramolecular Hbond substituents is 1. The number of methoxy groups -OCH3 is 1. The van der Waals surface area contributed by atoms with Crippen molar-refractivity contribution in [3.05, 3.63) is 70.2 Å². The van der Waals surface area contributed by atoms with Gasteiger partial charge >= 0.3 is 0 Å². The van der Waals surface area contributed by atoms with Gasteiger partial charge in [-0.1, -0.05) is 49.2 Å². The lowest BCUT2D eigenvalue weighted by Gasteiger charge is -2.36. The summed E-state index contributed by atoms with van der Waals surface area (Å²) >= 11 is 0.775. The number of nitrogens with one attached hydrogen (secondary N) is 1. The number of nitrogen functional groups attached to an aromatic ring is 1. The van der Waals surface area contributed by atoms with Gasteiger partial charge in [0.15, 0.2) is 17.2 Å². The Morgan fingerprint density at radius 3 is 2.49 bits per heavy atom. The number of hydrogen-bond donors (Lipinski definition) is 4. The first kappa shape index (κ1) is 26.0. The third-order valence-corrected chi connectivity index (χ3v) is 7.31. The monoisotopic (exact) mass is 523 g/mol. The van der Waals surface area contributed by atoms with Crippen LogP contribution >= 0.6 is 11.5 Å². The number of nitrogens with two attached hydrogens (primary N) is 2. The lowest BCUT2D eigenvalue weighted by Crippen LogP contribution is -2.48. The summed E-state index contributed by atoms with van der Waals surface area (Å²) in [7, 11) is 1.43. The largest absolute Gasteiger partial charge is 0.504 e. The van der Waals surface area contributed by atoms with Crippen molar-refractivity contribution in [3.63, 3.8) is 0 Å². The minimum absolute atomic E-state index is 0.0410. The maximum Gasteiger partial charge on any atom is 0.270 e. The van der Waals surface area contributed by atoms with Gasteiger partial charge in [-0.05, 0) is 47.6 Å². The number of benzene rings is 2. The van der Waals surface area contributed by atoms with E-state index in [1.807, 2.05) is 30.3 Å². The number of phenols is 1. The number of rotatable bonds is 9. The van der Waals surface area contributed by atoms with Crippen LogP contribution in [0, 0.1) is 0 Å². The van der Waals surface area contributed by atoms with Crippen LogP contribution in [0.2, 0.25) is 0 Å². The van der Waals surface area contributed by atoms with Gasteiger partial charge in [0.25, 0.3) is 11.8 Å². The normalized spacial score (nSPS) is 14.2. The topological polar surface area (TPSA) is 161 Å². The van der Waals surface area contributed by atoms with Crippen molar-refractivity contribution in [2.45, 2.75) is 44.3 Å². The number of primary amides is 1. The van der Waals surface area contributed by atoms with Crippen LogP contribution in [-0.2, 0) is 11.3 Å². The van der Waals surface area contributed by atoms with E-state index in [0.29, 0.717) is 18.4 Å². The molecule has 0 aliphatic heterocycles. The summed E-state index contributed by atoms with van der Waals surface area (Å²) in [5.41, 5.74) is 12.5. The number of aromatic nitrogens is 1. The number of nitrogens with zero attached hydrogens (tertiary/aromatic N) is 2. The van der Waals surface area contributed by atoms with E-state index in [9.17, 15) is 19.5 Å². The van der Waals surface area contributed by atoms with Crippen LogP contribution in [0.4, 0.5) is 5.69 Å². The Morgan fingerprint density at radius 1 is 1.19 bits per heavy atom. The maximum atomic E-state index is 14.0. The molecule has 0 saturated heterocycles. The van der Waals surface area contributed by atoms with Crippen LogP contribution in [-0.4, -0.2) is 45.3 Å². The predicted octanol–water partition coefficient (Wildman–Crippen LogP) is 2.98. The van der Waals surface area contributed by atoms with E-state index in [1.165, 1.54) is 18.1 Å². The Kier molecular flexibility index (Phi) is 7.92. The van der Waals surface area contributed by atoms with Gasteiger partial charge < -0.3 is 31.5 Å². The number of carbonyl (C=O) groups is 3. The second-order valence-electron chi connectivity index (χ2n) is 8.83. The van der Waals surface area contributed by atoms with Crippen molar-refractivity contribution in [1.29, 1.82) is 0 Å². The molecular weight excluding hydrogens is 494 g/mol. The zero-order valence-electron chi connectivity index (χ0n) is 20.3. The van der Waals surface area contributed by atoms with Crippen LogP contribution in [0.1, 0.15) is 63.0 Å². The van der Waals surface area contributed by atoms with Crippen molar-refractivity contribution in [1.82, 2.24) is 14.6 Å². The summed E-state index contributed by atoms with van der Waals surface area (Å²) in [4.78, 5) is 41.0. The van der Waals surface area contributed by atoms with Crippen molar-refractivity contribution < 1.29 is 24.2 Å². The molecule has 0 spiro atoms. The van der Waals surface area contributed by atoms with Gasteiger partial charge in [0.1, 0.15) is 10.9 Å². The molecule has 1 fully saturated rings. The van der Waals surface area contributed by atoms with Crippen molar-refractivity contribution in [2.24, 2.45) is 5.73 Å². The van der Waals surface area contributed by atoms with Gasteiger partial charge in [0, 0.05) is 12.6 Å². The molecule has 1 atom stereocenters. The Labute approximate surface area is 218 Å². The van der Waals surface area contributed by atoms with Gasteiger partial charge in [-0.25, -0.2) is 0 Å². The predicted molar refractivity (Wildman–Crippen MR) is 139 cm³/mol. The molecule has 37 heavy (non-hydrogen) atoms. The molecule has 1 saturated carbocycles. The lowest BCUT2D eigenvalue weighted by molar-refractivity contribution is -0.126. The van der Waals surface area contributed by atoms with E-state index in [0.717, 1.165) is 29.9 Å². The fraction of sp³-hybridized carbons (Fsp3) is 0.308. The minimum atomic E-state index is -1.09. The van der Waals surface area contributed by atoms with Gasteiger partial charge in [0.2, 0.25) is 5.91 Å². The molecule has 1 aromatic heterocycles. The molecule has 3 aromatic rings. The molecule has 3 amide bonds. The van der Waals surface area contributed by atoms with Gasteiger partial charge in [-0.15, -0.1) is 0 Å². The van der Waals surface area contributed by atoms with Gasteiger partial charge in [-0.3, -0.25) is 14.4 Å². The second-order valence-corrected chi connectivity index (χ2v) is 9.60. The minimum Gasteiger partial charge on any atom is -0.504 e. The average molecular weight is 524 g/mol. The molecule has 1 aliphatic carbocycles. The highest BCUT2D eigenvalue weighted by atomic mass is 32.1. The number of carbonyl (C=O) groups excluding carboxylic acids is 3. The highest BCUT2D eigenvalue weighted by molar-refractivity contribution is 7.09. The Morgan fingerprint density at radius 2 is 1.89 bits per heavy atom. The molecule has 6 N–H and O–H groups in total. The van der Waals surface area contributed by atoms with Crippen LogP contribution in [0.25, 0.3) is 0 Å². The van der Waals surface area contributed by atoms with E-state index >= 15 is 0 Å². The number of ether oxygens (including phenoxy) is 1. The maximum absolute atomic E-state index is 14.0. The first-order valence-electron chi connectivity index (χ1n) is 11.9. The molecular formula is C26H29N5O5S. The molecule has 4 rings (SSSR count). The summed E-state index contributed by atoms with van der Waals surface area (Å²) in [6.07, 6.45) is 3.17. The quantitative estimate of drug-likeness (QED) is 0.335. The molecule has 0 unspecified atom stereocenters. The van der Waals surface area contributed by atoms with E-state index in [1.54, 1.807) is 12.1 Å². The Balaban J connectivity index is 1.77. The first-order chi connectivity index (χ1) is 17.8.